The van der Waals surface area contributed by atoms with Crippen LogP contribution in [0.4, 0.5) is 0 Å². The summed E-state index contributed by atoms with van der Waals surface area (Å²) in [6, 6.07) is 13.0. The van der Waals surface area contributed by atoms with Gasteiger partial charge in [0.25, 0.3) is 0 Å². The predicted octanol–water partition coefficient (Wildman–Crippen LogP) is 4.53. The van der Waals surface area contributed by atoms with Crippen LogP contribution in [-0.2, 0) is 5.41 Å². The van der Waals surface area contributed by atoms with E-state index in [0.29, 0.717) is 17.5 Å². The summed E-state index contributed by atoms with van der Waals surface area (Å²) in [5, 5.41) is 12.6. The fourth-order valence-corrected chi connectivity index (χ4v) is 2.67. The minimum atomic E-state index is 0.0418. The summed E-state index contributed by atoms with van der Waals surface area (Å²) in [4.78, 5) is 4.14. The number of aromatic nitrogens is 1. The molecule has 1 unspecified atom stereocenters. The zero-order valence-electron chi connectivity index (χ0n) is 15.3. The standard InChI is InChI=1S/C21H27N3/c1-15(2)12-24-16(3)21(4,5)20-8-6-18(7-9-20)19-10-17(11-22)13-23-14-19/h6-10,13-16,24H,12H2,1-5H3. The molecule has 1 N–H and O–H groups in total. The lowest BCUT2D eigenvalue weighted by Gasteiger charge is -2.34. The third kappa shape index (κ3) is 4.21. The van der Waals surface area contributed by atoms with Crippen molar-refractivity contribution in [2.75, 3.05) is 6.54 Å². The average molecular weight is 321 g/mol. The molecular formula is C21H27N3. The van der Waals surface area contributed by atoms with E-state index in [2.05, 4.69) is 75.3 Å². The van der Waals surface area contributed by atoms with Gasteiger partial charge < -0.3 is 5.32 Å². The van der Waals surface area contributed by atoms with Gasteiger partial charge in [-0.2, -0.15) is 5.26 Å². The lowest BCUT2D eigenvalue weighted by atomic mass is 9.78. The number of nitrogens with one attached hydrogen (secondary N) is 1. The van der Waals surface area contributed by atoms with Crippen LogP contribution in [0, 0.1) is 17.2 Å². The van der Waals surface area contributed by atoms with Gasteiger partial charge in [0.05, 0.1) is 5.56 Å². The predicted molar refractivity (Wildman–Crippen MR) is 99.7 cm³/mol. The van der Waals surface area contributed by atoms with Crippen LogP contribution in [0.25, 0.3) is 11.1 Å². The Morgan fingerprint density at radius 3 is 2.33 bits per heavy atom. The molecule has 2 rings (SSSR count). The summed E-state index contributed by atoms with van der Waals surface area (Å²) in [5.41, 5.74) is 3.99. The molecule has 1 atom stereocenters. The zero-order chi connectivity index (χ0) is 17.7. The van der Waals surface area contributed by atoms with E-state index >= 15 is 0 Å². The van der Waals surface area contributed by atoms with E-state index in [0.717, 1.165) is 17.7 Å². The van der Waals surface area contributed by atoms with E-state index < -0.39 is 0 Å². The maximum absolute atomic E-state index is 9.01. The summed E-state index contributed by atoms with van der Waals surface area (Å²) in [7, 11) is 0. The van der Waals surface area contributed by atoms with Crippen molar-refractivity contribution in [1.29, 1.82) is 5.26 Å². The molecule has 0 aliphatic heterocycles. The SMILES string of the molecule is CC(C)CNC(C)C(C)(C)c1ccc(-c2cncc(C#N)c2)cc1. The quantitative estimate of drug-likeness (QED) is 0.850. The molecule has 0 saturated heterocycles. The van der Waals surface area contributed by atoms with Gasteiger partial charge in [0.15, 0.2) is 0 Å². The van der Waals surface area contributed by atoms with Crippen LogP contribution in [0.15, 0.2) is 42.7 Å². The monoisotopic (exact) mass is 321 g/mol. The Balaban J connectivity index is 2.20. The van der Waals surface area contributed by atoms with E-state index in [9.17, 15) is 0 Å². The highest BCUT2D eigenvalue weighted by atomic mass is 14.9. The fraction of sp³-hybridized carbons (Fsp3) is 0.429. The van der Waals surface area contributed by atoms with Gasteiger partial charge in [-0.1, -0.05) is 52.0 Å². The Labute approximate surface area is 145 Å². The third-order valence-corrected chi connectivity index (χ3v) is 4.74. The molecule has 3 nitrogen and oxygen atoms in total. The summed E-state index contributed by atoms with van der Waals surface area (Å²) < 4.78 is 0. The summed E-state index contributed by atoms with van der Waals surface area (Å²) in [5.74, 6) is 0.644. The van der Waals surface area contributed by atoms with Gasteiger partial charge >= 0.3 is 0 Å². The van der Waals surface area contributed by atoms with Gasteiger partial charge in [-0.05, 0) is 36.6 Å². The highest BCUT2D eigenvalue weighted by Gasteiger charge is 2.27. The molecule has 0 aliphatic carbocycles. The maximum Gasteiger partial charge on any atom is 0.101 e. The largest absolute Gasteiger partial charge is 0.313 e. The van der Waals surface area contributed by atoms with Gasteiger partial charge in [-0.15, -0.1) is 0 Å². The van der Waals surface area contributed by atoms with Gasteiger partial charge in [-0.25, -0.2) is 0 Å². The molecule has 0 aliphatic rings. The van der Waals surface area contributed by atoms with Crippen LogP contribution < -0.4 is 5.32 Å². The molecule has 0 spiro atoms. The molecular weight excluding hydrogens is 294 g/mol. The lowest BCUT2D eigenvalue weighted by Crippen LogP contribution is -2.43. The minimum absolute atomic E-state index is 0.0418. The molecule has 2 aromatic rings. The number of hydrogen-bond acceptors (Lipinski definition) is 3. The zero-order valence-corrected chi connectivity index (χ0v) is 15.3. The first-order valence-electron chi connectivity index (χ1n) is 8.54. The normalized spacial score (nSPS) is 12.9. The van der Waals surface area contributed by atoms with E-state index in [1.165, 1.54) is 5.56 Å². The molecule has 0 radical (unpaired) electrons. The number of nitriles is 1. The van der Waals surface area contributed by atoms with E-state index in [4.69, 9.17) is 5.26 Å². The van der Waals surface area contributed by atoms with Crippen LogP contribution in [0.3, 0.4) is 0 Å². The Morgan fingerprint density at radius 1 is 1.08 bits per heavy atom. The molecule has 0 bridgehead atoms. The molecule has 0 saturated carbocycles. The number of benzene rings is 1. The third-order valence-electron chi connectivity index (χ3n) is 4.74. The number of hydrogen-bond donors (Lipinski definition) is 1. The van der Waals surface area contributed by atoms with Crippen molar-refractivity contribution in [3.63, 3.8) is 0 Å². The second-order valence-corrected chi connectivity index (χ2v) is 7.40. The molecule has 1 aromatic carbocycles. The van der Waals surface area contributed by atoms with Gasteiger partial charge in [0.2, 0.25) is 0 Å². The second kappa shape index (κ2) is 7.59. The van der Waals surface area contributed by atoms with Gasteiger partial charge in [0, 0.05) is 29.4 Å². The van der Waals surface area contributed by atoms with Crippen LogP contribution in [0.1, 0.15) is 45.7 Å². The molecule has 24 heavy (non-hydrogen) atoms. The average Bonchev–Trinajstić information content (AvgIpc) is 2.59. The van der Waals surface area contributed by atoms with Crippen molar-refractivity contribution in [3.8, 4) is 17.2 Å². The van der Waals surface area contributed by atoms with Crippen LogP contribution in [-0.4, -0.2) is 17.6 Å². The highest BCUT2D eigenvalue weighted by Crippen LogP contribution is 2.29. The Bertz CT molecular complexity index is 709. The van der Waals surface area contributed by atoms with Crippen LogP contribution in [0.2, 0.25) is 0 Å². The molecule has 1 aromatic heterocycles. The molecule has 3 heteroatoms. The van der Waals surface area contributed by atoms with Crippen LogP contribution >= 0.6 is 0 Å². The first-order valence-corrected chi connectivity index (χ1v) is 8.54. The molecule has 0 fully saturated rings. The molecule has 0 amide bonds. The van der Waals surface area contributed by atoms with Crippen molar-refractivity contribution in [3.05, 3.63) is 53.9 Å². The second-order valence-electron chi connectivity index (χ2n) is 7.40. The van der Waals surface area contributed by atoms with Gasteiger partial charge in [0.1, 0.15) is 6.07 Å². The molecule has 1 heterocycles. The summed E-state index contributed by atoms with van der Waals surface area (Å²) in [6.07, 6.45) is 3.39. The lowest BCUT2D eigenvalue weighted by molar-refractivity contribution is 0.347. The van der Waals surface area contributed by atoms with Gasteiger partial charge in [-0.3, -0.25) is 4.98 Å². The number of rotatable bonds is 6. The van der Waals surface area contributed by atoms with Crippen molar-refractivity contribution < 1.29 is 0 Å². The number of nitrogens with zero attached hydrogens (tertiary/aromatic N) is 2. The topological polar surface area (TPSA) is 48.7 Å². The fourth-order valence-electron chi connectivity index (χ4n) is 2.67. The van der Waals surface area contributed by atoms with Crippen molar-refractivity contribution in [2.45, 2.75) is 46.1 Å². The first kappa shape index (κ1) is 18.2. The Hall–Kier alpha value is -2.18. The Kier molecular flexibility index (Phi) is 5.75. The summed E-state index contributed by atoms with van der Waals surface area (Å²) >= 11 is 0. The smallest absolute Gasteiger partial charge is 0.101 e. The Morgan fingerprint density at radius 2 is 1.75 bits per heavy atom. The summed E-state index contributed by atoms with van der Waals surface area (Å²) in [6.45, 7) is 12.3. The van der Waals surface area contributed by atoms with E-state index in [1.54, 1.807) is 12.4 Å². The van der Waals surface area contributed by atoms with Crippen molar-refractivity contribution >= 4 is 0 Å². The van der Waals surface area contributed by atoms with E-state index in [1.807, 2.05) is 6.07 Å². The minimum Gasteiger partial charge on any atom is -0.313 e. The number of pyridine rings is 1. The van der Waals surface area contributed by atoms with Crippen molar-refractivity contribution in [2.24, 2.45) is 5.92 Å². The van der Waals surface area contributed by atoms with Crippen LogP contribution in [0.5, 0.6) is 0 Å². The van der Waals surface area contributed by atoms with E-state index in [-0.39, 0.29) is 5.41 Å². The highest BCUT2D eigenvalue weighted by molar-refractivity contribution is 5.64. The first-order chi connectivity index (χ1) is 11.3. The van der Waals surface area contributed by atoms with Crippen molar-refractivity contribution in [1.82, 2.24) is 10.3 Å². The maximum atomic E-state index is 9.01. The molecule has 126 valence electrons.